The molecular weight excluding hydrogens is 160 g/mol. The molecule has 0 aliphatic carbocycles. The highest BCUT2D eigenvalue weighted by Crippen LogP contribution is 1.94. The molecule has 1 heterocycles. The number of amides is 1. The van der Waals surface area contributed by atoms with Crippen molar-refractivity contribution in [2.24, 2.45) is 0 Å². The van der Waals surface area contributed by atoms with Crippen molar-refractivity contribution >= 4 is 18.0 Å². The number of aldehydes is 1. The number of Topliss-reactive ketones (excluding diaryl/α,β-unsaturated/α-hetero) is 1. The van der Waals surface area contributed by atoms with Crippen LogP contribution in [-0.2, 0) is 14.4 Å². The molecule has 5 nitrogen and oxygen atoms in total. The lowest BCUT2D eigenvalue weighted by molar-refractivity contribution is -0.126. The zero-order valence-electron chi connectivity index (χ0n) is 6.58. The van der Waals surface area contributed by atoms with Crippen molar-refractivity contribution in [1.29, 1.82) is 0 Å². The fraction of sp³-hybridized carbons (Fsp3) is 0.571. The lowest BCUT2D eigenvalue weighted by atomic mass is 10.3. The van der Waals surface area contributed by atoms with Gasteiger partial charge in [-0.3, -0.25) is 14.5 Å². The predicted octanol–water partition coefficient (Wildman–Crippen LogP) is -1.47. The summed E-state index contributed by atoms with van der Waals surface area (Å²) in [5.74, 6) is -0.416. The Bertz CT molecular complexity index is 215. The van der Waals surface area contributed by atoms with Crippen molar-refractivity contribution in [3.63, 3.8) is 0 Å². The number of ketones is 1. The van der Waals surface area contributed by atoms with Crippen LogP contribution in [0.4, 0.5) is 0 Å². The van der Waals surface area contributed by atoms with Crippen LogP contribution >= 0.6 is 0 Å². The lowest BCUT2D eigenvalue weighted by Crippen LogP contribution is -2.36. The minimum Gasteiger partial charge on any atom is -0.343 e. The van der Waals surface area contributed by atoms with Gasteiger partial charge in [-0.2, -0.15) is 0 Å². The molecule has 0 spiro atoms. The molecule has 1 saturated heterocycles. The monoisotopic (exact) mass is 170 g/mol. The van der Waals surface area contributed by atoms with Crippen LogP contribution in [0.5, 0.6) is 0 Å². The van der Waals surface area contributed by atoms with Gasteiger partial charge in [0.05, 0.1) is 26.2 Å². The van der Waals surface area contributed by atoms with Crippen molar-refractivity contribution in [1.82, 2.24) is 10.2 Å². The van der Waals surface area contributed by atoms with Crippen LogP contribution in [0.3, 0.4) is 0 Å². The fourth-order valence-corrected chi connectivity index (χ4v) is 1.04. The van der Waals surface area contributed by atoms with Crippen molar-refractivity contribution in [2.45, 2.75) is 6.42 Å². The molecule has 0 unspecified atom stereocenters. The first-order chi connectivity index (χ1) is 5.72. The van der Waals surface area contributed by atoms with Crippen LogP contribution in [0.1, 0.15) is 6.42 Å². The van der Waals surface area contributed by atoms with E-state index < -0.39 is 0 Å². The van der Waals surface area contributed by atoms with Gasteiger partial charge in [-0.1, -0.05) is 0 Å². The molecule has 0 radical (unpaired) electrons. The highest BCUT2D eigenvalue weighted by Gasteiger charge is 2.18. The number of hydrogen-bond acceptors (Lipinski definition) is 4. The van der Waals surface area contributed by atoms with E-state index in [1.165, 1.54) is 0 Å². The fourth-order valence-electron chi connectivity index (χ4n) is 1.04. The van der Waals surface area contributed by atoms with Gasteiger partial charge >= 0.3 is 0 Å². The van der Waals surface area contributed by atoms with Crippen molar-refractivity contribution in [3.05, 3.63) is 0 Å². The molecule has 1 N–H and O–H groups in total. The normalized spacial score (nSPS) is 20.0. The Labute approximate surface area is 69.7 Å². The van der Waals surface area contributed by atoms with E-state index in [1.54, 1.807) is 4.90 Å². The maximum absolute atomic E-state index is 11.0. The Hall–Kier alpha value is -1.23. The summed E-state index contributed by atoms with van der Waals surface area (Å²) in [6.45, 7) is 0.646. The minimum absolute atomic E-state index is 0.0741. The number of nitrogens with one attached hydrogen (secondary N) is 1. The second-order valence-electron chi connectivity index (χ2n) is 2.65. The Morgan fingerprint density at radius 3 is 2.92 bits per heavy atom. The van der Waals surface area contributed by atoms with Crippen LogP contribution in [0.2, 0.25) is 0 Å². The molecule has 5 heteroatoms. The first-order valence-electron chi connectivity index (χ1n) is 3.67. The predicted molar refractivity (Wildman–Crippen MR) is 40.3 cm³/mol. The SMILES string of the molecule is O=CCN1CNC(=O)CC(=O)C1. The van der Waals surface area contributed by atoms with Crippen LogP contribution in [0, 0.1) is 0 Å². The van der Waals surface area contributed by atoms with Crippen LogP contribution in [0.15, 0.2) is 0 Å². The summed E-state index contributed by atoms with van der Waals surface area (Å²) in [7, 11) is 0. The van der Waals surface area contributed by atoms with E-state index in [1.807, 2.05) is 0 Å². The molecule has 1 aliphatic rings. The van der Waals surface area contributed by atoms with E-state index in [0.29, 0.717) is 6.29 Å². The molecule has 0 aromatic rings. The van der Waals surface area contributed by atoms with Gasteiger partial charge in [-0.15, -0.1) is 0 Å². The van der Waals surface area contributed by atoms with Gasteiger partial charge in [-0.05, 0) is 0 Å². The minimum atomic E-state index is -0.270. The molecule has 1 rings (SSSR count). The van der Waals surface area contributed by atoms with Crippen molar-refractivity contribution in [2.75, 3.05) is 19.8 Å². The number of nitrogens with zero attached hydrogens (tertiary/aromatic N) is 1. The second kappa shape index (κ2) is 3.96. The third kappa shape index (κ3) is 2.43. The Morgan fingerprint density at radius 2 is 2.25 bits per heavy atom. The zero-order chi connectivity index (χ0) is 8.97. The molecule has 1 aliphatic heterocycles. The van der Waals surface area contributed by atoms with E-state index in [0.717, 1.165) is 0 Å². The van der Waals surface area contributed by atoms with Gasteiger partial charge in [0.25, 0.3) is 0 Å². The molecule has 1 fully saturated rings. The van der Waals surface area contributed by atoms with Gasteiger partial charge < -0.3 is 10.1 Å². The summed E-state index contributed by atoms with van der Waals surface area (Å²) >= 11 is 0. The maximum Gasteiger partial charge on any atom is 0.228 e. The third-order valence-corrected chi connectivity index (χ3v) is 1.59. The van der Waals surface area contributed by atoms with E-state index in [9.17, 15) is 14.4 Å². The van der Waals surface area contributed by atoms with Gasteiger partial charge in [0, 0.05) is 0 Å². The Morgan fingerprint density at radius 1 is 1.50 bits per heavy atom. The molecule has 0 aromatic heterocycles. The average Bonchev–Trinajstić information content (AvgIpc) is 2.13. The number of carbonyl (C=O) groups excluding carboxylic acids is 3. The van der Waals surface area contributed by atoms with E-state index in [2.05, 4.69) is 5.32 Å². The highest BCUT2D eigenvalue weighted by atomic mass is 16.2. The first-order valence-corrected chi connectivity index (χ1v) is 3.67. The molecule has 66 valence electrons. The Balaban J connectivity index is 2.51. The average molecular weight is 170 g/mol. The topological polar surface area (TPSA) is 66.5 Å². The summed E-state index contributed by atoms with van der Waals surface area (Å²) in [5, 5.41) is 2.52. The van der Waals surface area contributed by atoms with Gasteiger partial charge in [0.2, 0.25) is 5.91 Å². The van der Waals surface area contributed by atoms with E-state index in [-0.39, 0.29) is 37.9 Å². The summed E-state index contributed by atoms with van der Waals surface area (Å²) in [5.41, 5.74) is 0. The van der Waals surface area contributed by atoms with E-state index >= 15 is 0 Å². The zero-order valence-corrected chi connectivity index (χ0v) is 6.58. The smallest absolute Gasteiger partial charge is 0.228 e. The number of hydrogen-bond donors (Lipinski definition) is 1. The number of rotatable bonds is 2. The molecule has 1 amide bonds. The molecule has 0 aromatic carbocycles. The van der Waals surface area contributed by atoms with Gasteiger partial charge in [-0.25, -0.2) is 0 Å². The summed E-state index contributed by atoms with van der Waals surface area (Å²) in [6, 6.07) is 0. The largest absolute Gasteiger partial charge is 0.343 e. The maximum atomic E-state index is 11.0. The lowest BCUT2D eigenvalue weighted by Gasteiger charge is -2.14. The summed E-state index contributed by atoms with van der Waals surface area (Å²) in [4.78, 5) is 33.4. The quantitative estimate of drug-likeness (QED) is 0.406. The van der Waals surface area contributed by atoms with Crippen LogP contribution < -0.4 is 5.32 Å². The second-order valence-corrected chi connectivity index (χ2v) is 2.65. The van der Waals surface area contributed by atoms with Crippen molar-refractivity contribution in [3.8, 4) is 0 Å². The number of carbonyl (C=O) groups is 3. The molecule has 0 bridgehead atoms. The van der Waals surface area contributed by atoms with Gasteiger partial charge in [0.1, 0.15) is 6.29 Å². The molecular formula is C7H10N2O3. The first kappa shape index (κ1) is 8.86. The Kier molecular flexibility index (Phi) is 2.93. The van der Waals surface area contributed by atoms with Crippen LogP contribution in [0.25, 0.3) is 0 Å². The van der Waals surface area contributed by atoms with Crippen LogP contribution in [-0.4, -0.2) is 42.6 Å². The summed E-state index contributed by atoms with van der Waals surface area (Å²) < 4.78 is 0. The third-order valence-electron chi connectivity index (χ3n) is 1.59. The summed E-state index contributed by atoms with van der Waals surface area (Å²) in [6.07, 6.45) is 0.639. The molecule has 0 atom stereocenters. The molecule has 12 heavy (non-hydrogen) atoms. The van der Waals surface area contributed by atoms with Crippen molar-refractivity contribution < 1.29 is 14.4 Å². The molecule has 0 saturated carbocycles. The van der Waals surface area contributed by atoms with Gasteiger partial charge in [0.15, 0.2) is 5.78 Å². The highest BCUT2D eigenvalue weighted by molar-refractivity contribution is 5.99. The van der Waals surface area contributed by atoms with E-state index in [4.69, 9.17) is 0 Å². The standard InChI is InChI=1S/C7H10N2O3/c10-2-1-9-4-6(11)3-7(12)8-5-9/h2H,1,3-5H2,(H,8,12).